The van der Waals surface area contributed by atoms with Gasteiger partial charge in [0.05, 0.1) is 11.8 Å². The molecule has 0 aliphatic rings. The Morgan fingerprint density at radius 3 is 2.39 bits per heavy atom. The van der Waals surface area contributed by atoms with Gasteiger partial charge in [-0.25, -0.2) is 0 Å². The summed E-state index contributed by atoms with van der Waals surface area (Å²) in [6.07, 6.45) is 0. The van der Waals surface area contributed by atoms with Crippen molar-refractivity contribution in [1.29, 1.82) is 0 Å². The minimum atomic E-state index is -0.360. The molecular formula is C23H25ClIN5O2S. The summed E-state index contributed by atoms with van der Waals surface area (Å²) in [6.45, 7) is 8.41. The maximum atomic E-state index is 12.6. The molecule has 10 heteroatoms. The third-order valence-corrected chi connectivity index (χ3v) is 6.84. The monoisotopic (exact) mass is 597 g/mol. The summed E-state index contributed by atoms with van der Waals surface area (Å²) in [6, 6.07) is 10.4. The number of anilines is 1. The number of amides is 2. The molecule has 174 valence electrons. The van der Waals surface area contributed by atoms with Gasteiger partial charge in [0.2, 0.25) is 5.91 Å². The summed E-state index contributed by atoms with van der Waals surface area (Å²) < 4.78 is 3.04. The first kappa shape index (κ1) is 25.5. The molecule has 0 fully saturated rings. The minimum Gasteiger partial charge on any atom is -0.342 e. The molecule has 1 atom stereocenters. The lowest BCUT2D eigenvalue weighted by Gasteiger charge is -2.15. The van der Waals surface area contributed by atoms with Crippen molar-refractivity contribution in [1.82, 2.24) is 20.1 Å². The van der Waals surface area contributed by atoms with Crippen LogP contribution in [-0.2, 0) is 11.3 Å². The summed E-state index contributed by atoms with van der Waals surface area (Å²) in [7, 11) is 0. The number of thioether (sulfide) groups is 1. The number of nitrogens with zero attached hydrogens (tertiary/aromatic N) is 3. The molecule has 2 aromatic carbocycles. The van der Waals surface area contributed by atoms with Crippen LogP contribution in [0.2, 0.25) is 5.02 Å². The number of halogens is 2. The normalized spacial score (nSPS) is 11.8. The number of nitrogens with one attached hydrogen (secondary N) is 2. The van der Waals surface area contributed by atoms with Crippen LogP contribution in [0.15, 0.2) is 41.6 Å². The van der Waals surface area contributed by atoms with Crippen molar-refractivity contribution >= 4 is 63.5 Å². The molecular weight excluding hydrogens is 573 g/mol. The van der Waals surface area contributed by atoms with Gasteiger partial charge in [-0.15, -0.1) is 10.2 Å². The summed E-state index contributed by atoms with van der Waals surface area (Å²) in [5.74, 6) is 0.506. The van der Waals surface area contributed by atoms with E-state index in [0.717, 1.165) is 20.4 Å². The van der Waals surface area contributed by atoms with Gasteiger partial charge in [0.25, 0.3) is 5.91 Å². The van der Waals surface area contributed by atoms with E-state index >= 15 is 0 Å². The third-order valence-electron chi connectivity index (χ3n) is 5.00. The molecule has 0 saturated heterocycles. The fourth-order valence-corrected chi connectivity index (χ4v) is 5.25. The number of carbonyl (C=O) groups is 2. The molecule has 7 nitrogen and oxygen atoms in total. The van der Waals surface area contributed by atoms with Gasteiger partial charge in [-0.05, 0) is 97.8 Å². The highest BCUT2D eigenvalue weighted by Gasteiger charge is 2.20. The van der Waals surface area contributed by atoms with Crippen molar-refractivity contribution in [3.8, 4) is 0 Å². The maximum absolute atomic E-state index is 12.6. The van der Waals surface area contributed by atoms with Crippen molar-refractivity contribution in [2.45, 2.75) is 45.4 Å². The number of hydrogen-bond donors (Lipinski definition) is 2. The molecule has 1 heterocycles. The minimum absolute atomic E-state index is 0.108. The smallest absolute Gasteiger partial charge is 0.251 e. The van der Waals surface area contributed by atoms with E-state index in [1.54, 1.807) is 24.3 Å². The molecule has 33 heavy (non-hydrogen) atoms. The zero-order valence-corrected chi connectivity index (χ0v) is 22.5. The standard InChI is InChI=1S/C23H25ClIN5O2S/c1-5-30-21(15(4)26-22(32)16-6-8-17(24)9-7-16)28-29-23(30)33-12-19(31)27-20-13(2)10-18(25)11-14(20)3/h6-11,15H,5,12H2,1-4H3,(H,26,32)(H,27,31)/t15-/m1/s1. The largest absolute Gasteiger partial charge is 0.342 e. The lowest BCUT2D eigenvalue weighted by atomic mass is 10.1. The fraction of sp³-hybridized carbons (Fsp3) is 0.304. The molecule has 0 aliphatic heterocycles. The first-order chi connectivity index (χ1) is 15.7. The van der Waals surface area contributed by atoms with E-state index in [-0.39, 0.29) is 23.6 Å². The van der Waals surface area contributed by atoms with E-state index in [9.17, 15) is 9.59 Å². The zero-order valence-electron chi connectivity index (χ0n) is 18.8. The van der Waals surface area contributed by atoms with E-state index in [1.807, 2.05) is 44.4 Å². The van der Waals surface area contributed by atoms with Crippen molar-refractivity contribution in [2.24, 2.45) is 0 Å². The van der Waals surface area contributed by atoms with Gasteiger partial charge in [0, 0.05) is 26.4 Å². The van der Waals surface area contributed by atoms with E-state index in [1.165, 1.54) is 11.8 Å². The molecule has 1 aromatic heterocycles. The Hall–Kier alpha value is -2.11. The number of benzene rings is 2. The van der Waals surface area contributed by atoms with E-state index in [4.69, 9.17) is 11.6 Å². The Balaban J connectivity index is 1.64. The maximum Gasteiger partial charge on any atom is 0.251 e. The predicted octanol–water partition coefficient (Wildman–Crippen LogP) is 5.39. The number of aryl methyl sites for hydroxylation is 2. The quantitative estimate of drug-likeness (QED) is 0.268. The molecule has 0 saturated carbocycles. The summed E-state index contributed by atoms with van der Waals surface area (Å²) >= 11 is 9.48. The van der Waals surface area contributed by atoms with Crippen molar-refractivity contribution in [3.05, 3.63) is 67.5 Å². The SMILES string of the molecule is CCn1c(SCC(=O)Nc2c(C)cc(I)cc2C)nnc1[C@@H](C)NC(=O)c1ccc(Cl)cc1. The molecule has 2 N–H and O–H groups in total. The molecule has 0 bridgehead atoms. The summed E-state index contributed by atoms with van der Waals surface area (Å²) in [4.78, 5) is 25.1. The topological polar surface area (TPSA) is 88.9 Å². The van der Waals surface area contributed by atoms with Gasteiger partial charge in [-0.2, -0.15) is 0 Å². The van der Waals surface area contributed by atoms with Gasteiger partial charge in [-0.1, -0.05) is 23.4 Å². The lowest BCUT2D eigenvalue weighted by molar-refractivity contribution is -0.113. The van der Waals surface area contributed by atoms with Gasteiger partial charge in [0.15, 0.2) is 11.0 Å². The summed E-state index contributed by atoms with van der Waals surface area (Å²) in [5, 5.41) is 15.7. The van der Waals surface area contributed by atoms with Crippen LogP contribution >= 0.6 is 46.0 Å². The van der Waals surface area contributed by atoms with E-state index < -0.39 is 0 Å². The van der Waals surface area contributed by atoms with Crippen LogP contribution in [0.3, 0.4) is 0 Å². The van der Waals surface area contributed by atoms with Gasteiger partial charge < -0.3 is 15.2 Å². The van der Waals surface area contributed by atoms with Crippen LogP contribution in [0.4, 0.5) is 5.69 Å². The Morgan fingerprint density at radius 1 is 1.15 bits per heavy atom. The number of aromatic nitrogens is 3. The Kier molecular flexibility index (Phi) is 8.77. The van der Waals surface area contributed by atoms with Gasteiger partial charge in [-0.3, -0.25) is 9.59 Å². The average Bonchev–Trinajstić information content (AvgIpc) is 3.18. The first-order valence-corrected chi connectivity index (χ1v) is 12.8. The second-order valence-electron chi connectivity index (χ2n) is 7.54. The molecule has 0 aliphatic carbocycles. The van der Waals surface area contributed by atoms with E-state index in [2.05, 4.69) is 43.4 Å². The van der Waals surface area contributed by atoms with Gasteiger partial charge >= 0.3 is 0 Å². The second kappa shape index (κ2) is 11.3. The Morgan fingerprint density at radius 2 is 1.79 bits per heavy atom. The number of hydrogen-bond acceptors (Lipinski definition) is 5. The molecule has 3 rings (SSSR count). The molecule has 0 spiro atoms. The first-order valence-electron chi connectivity index (χ1n) is 10.4. The lowest BCUT2D eigenvalue weighted by Crippen LogP contribution is -2.28. The molecule has 2 amide bonds. The zero-order chi connectivity index (χ0) is 24.1. The highest BCUT2D eigenvalue weighted by Crippen LogP contribution is 2.25. The van der Waals surface area contributed by atoms with E-state index in [0.29, 0.717) is 28.1 Å². The van der Waals surface area contributed by atoms with Gasteiger partial charge in [0.1, 0.15) is 0 Å². The molecule has 0 unspecified atom stereocenters. The average molecular weight is 598 g/mol. The highest BCUT2D eigenvalue weighted by atomic mass is 127. The molecule has 0 radical (unpaired) electrons. The van der Waals surface area contributed by atoms with Crippen molar-refractivity contribution in [3.63, 3.8) is 0 Å². The van der Waals surface area contributed by atoms with Crippen LogP contribution in [0.1, 0.15) is 47.2 Å². The fourth-order valence-electron chi connectivity index (χ4n) is 3.38. The number of rotatable bonds is 8. The van der Waals surface area contributed by atoms with Crippen LogP contribution in [0.5, 0.6) is 0 Å². The van der Waals surface area contributed by atoms with Crippen LogP contribution < -0.4 is 10.6 Å². The third kappa shape index (κ3) is 6.48. The number of carbonyl (C=O) groups excluding carboxylic acids is 2. The Bertz CT molecular complexity index is 1140. The van der Waals surface area contributed by atoms with Crippen LogP contribution in [-0.4, -0.2) is 32.3 Å². The van der Waals surface area contributed by atoms with Crippen molar-refractivity contribution in [2.75, 3.05) is 11.1 Å². The van der Waals surface area contributed by atoms with Crippen molar-refractivity contribution < 1.29 is 9.59 Å². The summed E-state index contributed by atoms with van der Waals surface area (Å²) in [5.41, 5.74) is 3.42. The second-order valence-corrected chi connectivity index (χ2v) is 10.2. The molecule has 3 aromatic rings. The highest BCUT2D eigenvalue weighted by molar-refractivity contribution is 14.1. The van der Waals surface area contributed by atoms with Crippen LogP contribution in [0.25, 0.3) is 0 Å². The predicted molar refractivity (Wildman–Crippen MR) is 141 cm³/mol. The Labute approximate surface area is 216 Å². The van der Waals surface area contributed by atoms with Crippen LogP contribution in [0, 0.1) is 17.4 Å².